The Morgan fingerprint density at radius 2 is 2.17 bits per heavy atom. The fourth-order valence-corrected chi connectivity index (χ4v) is 1.41. The van der Waals surface area contributed by atoms with Crippen molar-refractivity contribution in [3.63, 3.8) is 0 Å². The third-order valence-corrected chi connectivity index (χ3v) is 2.61. The number of carbonyl (C=O) groups excluding carboxylic acids is 2. The van der Waals surface area contributed by atoms with Crippen LogP contribution in [0.15, 0.2) is 23.1 Å². The molecule has 0 aliphatic rings. The molecule has 98 valence electrons. The number of aromatic nitrogens is 1. The van der Waals surface area contributed by atoms with Crippen LogP contribution in [0.25, 0.3) is 0 Å². The summed E-state index contributed by atoms with van der Waals surface area (Å²) in [5.74, 6) is -0.609. The first-order chi connectivity index (χ1) is 8.45. The molecule has 0 fully saturated rings. The van der Waals surface area contributed by atoms with Gasteiger partial charge in [0, 0.05) is 31.4 Å². The zero-order valence-corrected chi connectivity index (χ0v) is 10.7. The Labute approximate surface area is 105 Å². The molecule has 0 aliphatic carbocycles. The van der Waals surface area contributed by atoms with Gasteiger partial charge in [-0.25, -0.2) is 0 Å². The van der Waals surface area contributed by atoms with E-state index in [4.69, 9.17) is 0 Å². The minimum atomic E-state index is -0.623. The number of H-pyrrole nitrogens is 1. The molecule has 6 heteroatoms. The van der Waals surface area contributed by atoms with Crippen LogP contribution in [-0.4, -0.2) is 41.3 Å². The van der Waals surface area contributed by atoms with Crippen LogP contribution in [0.5, 0.6) is 0 Å². The molecule has 0 radical (unpaired) electrons. The van der Waals surface area contributed by atoms with Crippen LogP contribution in [0.2, 0.25) is 0 Å². The first-order valence-corrected chi connectivity index (χ1v) is 5.70. The zero-order chi connectivity index (χ0) is 13.7. The number of carbonyl (C=O) groups is 2. The Bertz CT molecular complexity index is 495. The molecule has 6 nitrogen and oxygen atoms in total. The number of amides is 2. The van der Waals surface area contributed by atoms with Gasteiger partial charge in [-0.1, -0.05) is 0 Å². The van der Waals surface area contributed by atoms with E-state index < -0.39 is 11.9 Å². The van der Waals surface area contributed by atoms with Crippen molar-refractivity contribution in [2.75, 3.05) is 13.6 Å². The van der Waals surface area contributed by atoms with Crippen molar-refractivity contribution >= 4 is 11.8 Å². The van der Waals surface area contributed by atoms with Gasteiger partial charge in [0.1, 0.15) is 6.04 Å². The van der Waals surface area contributed by atoms with Crippen LogP contribution < -0.4 is 10.9 Å². The molecule has 0 aromatic carbocycles. The molecule has 1 unspecified atom stereocenters. The van der Waals surface area contributed by atoms with Crippen LogP contribution in [0, 0.1) is 0 Å². The normalized spacial score (nSPS) is 11.7. The second kappa shape index (κ2) is 6.00. The third-order valence-electron chi connectivity index (χ3n) is 2.61. The van der Waals surface area contributed by atoms with E-state index in [9.17, 15) is 14.4 Å². The summed E-state index contributed by atoms with van der Waals surface area (Å²) in [7, 11) is 1.66. The number of hydrogen-bond donors (Lipinski definition) is 2. The lowest BCUT2D eigenvalue weighted by molar-refractivity contribution is -0.131. The van der Waals surface area contributed by atoms with Crippen molar-refractivity contribution in [2.24, 2.45) is 0 Å². The number of rotatable bonds is 4. The smallest absolute Gasteiger partial charge is 0.252 e. The maximum Gasteiger partial charge on any atom is 0.252 e. The molecule has 2 amide bonds. The maximum absolute atomic E-state index is 11.8. The Morgan fingerprint density at radius 1 is 1.50 bits per heavy atom. The Balaban J connectivity index is 2.71. The lowest BCUT2D eigenvalue weighted by Crippen LogP contribution is -2.45. The predicted octanol–water partition coefficient (Wildman–Crippen LogP) is -0.0285. The van der Waals surface area contributed by atoms with Crippen molar-refractivity contribution in [2.45, 2.75) is 19.9 Å². The molecule has 1 rings (SSSR count). The molecule has 0 spiro atoms. The van der Waals surface area contributed by atoms with Crippen LogP contribution in [0.4, 0.5) is 0 Å². The second-order valence-corrected chi connectivity index (χ2v) is 3.99. The van der Waals surface area contributed by atoms with Crippen LogP contribution in [0.3, 0.4) is 0 Å². The highest BCUT2D eigenvalue weighted by molar-refractivity contribution is 5.97. The van der Waals surface area contributed by atoms with Crippen molar-refractivity contribution in [1.29, 1.82) is 0 Å². The molecule has 0 bridgehead atoms. The minimum absolute atomic E-state index is 0.171. The Kier molecular flexibility index (Phi) is 4.65. The van der Waals surface area contributed by atoms with Crippen LogP contribution >= 0.6 is 0 Å². The molecule has 1 aromatic heterocycles. The van der Waals surface area contributed by atoms with Gasteiger partial charge in [0.2, 0.25) is 11.5 Å². The monoisotopic (exact) mass is 251 g/mol. The zero-order valence-electron chi connectivity index (χ0n) is 10.7. The largest absolute Gasteiger partial charge is 0.344 e. The van der Waals surface area contributed by atoms with Gasteiger partial charge in [-0.15, -0.1) is 0 Å². The first kappa shape index (κ1) is 14.0. The number of pyridine rings is 1. The van der Waals surface area contributed by atoms with E-state index in [0.29, 0.717) is 6.54 Å². The van der Waals surface area contributed by atoms with Gasteiger partial charge in [-0.05, 0) is 19.9 Å². The van der Waals surface area contributed by atoms with Crippen molar-refractivity contribution in [1.82, 2.24) is 15.2 Å². The fourth-order valence-electron chi connectivity index (χ4n) is 1.41. The summed E-state index contributed by atoms with van der Waals surface area (Å²) < 4.78 is 0. The topological polar surface area (TPSA) is 82.3 Å². The van der Waals surface area contributed by atoms with E-state index in [-0.39, 0.29) is 17.0 Å². The highest BCUT2D eigenvalue weighted by atomic mass is 16.2. The van der Waals surface area contributed by atoms with Gasteiger partial charge in [0.05, 0.1) is 0 Å². The average molecular weight is 251 g/mol. The highest BCUT2D eigenvalue weighted by Gasteiger charge is 2.19. The molecule has 0 aliphatic heterocycles. The summed E-state index contributed by atoms with van der Waals surface area (Å²) in [6.07, 6.45) is 1.39. The molecule has 0 saturated heterocycles. The molecular weight excluding hydrogens is 234 g/mol. The summed E-state index contributed by atoms with van der Waals surface area (Å²) >= 11 is 0. The number of nitrogens with one attached hydrogen (secondary N) is 2. The molecule has 1 atom stereocenters. The van der Waals surface area contributed by atoms with Gasteiger partial charge in [-0.3, -0.25) is 14.4 Å². The first-order valence-electron chi connectivity index (χ1n) is 5.70. The van der Waals surface area contributed by atoms with Crippen LogP contribution in [-0.2, 0) is 4.79 Å². The van der Waals surface area contributed by atoms with E-state index in [2.05, 4.69) is 10.3 Å². The summed E-state index contributed by atoms with van der Waals surface area (Å²) in [5, 5.41) is 2.56. The summed E-state index contributed by atoms with van der Waals surface area (Å²) in [4.78, 5) is 38.5. The quantitative estimate of drug-likeness (QED) is 0.788. The van der Waals surface area contributed by atoms with E-state index >= 15 is 0 Å². The number of hydrogen-bond acceptors (Lipinski definition) is 3. The average Bonchev–Trinajstić information content (AvgIpc) is 2.36. The van der Waals surface area contributed by atoms with Gasteiger partial charge in [0.25, 0.3) is 5.91 Å². The fraction of sp³-hybridized carbons (Fsp3) is 0.417. The van der Waals surface area contributed by atoms with Gasteiger partial charge >= 0.3 is 0 Å². The van der Waals surface area contributed by atoms with Gasteiger partial charge < -0.3 is 15.2 Å². The highest BCUT2D eigenvalue weighted by Crippen LogP contribution is 1.97. The van der Waals surface area contributed by atoms with Crippen molar-refractivity contribution in [3.8, 4) is 0 Å². The lowest BCUT2D eigenvalue weighted by atomic mass is 10.2. The minimum Gasteiger partial charge on any atom is -0.344 e. The van der Waals surface area contributed by atoms with E-state index in [1.165, 1.54) is 23.2 Å². The SMILES string of the molecule is CCN(C)C(=O)C(C)NC(=O)c1cc[nH]c(=O)c1. The molecular formula is C12H17N3O3. The summed E-state index contributed by atoms with van der Waals surface area (Å²) in [5.41, 5.74) is -0.121. The summed E-state index contributed by atoms with van der Waals surface area (Å²) in [6, 6.07) is 2.05. The van der Waals surface area contributed by atoms with Gasteiger partial charge in [-0.2, -0.15) is 0 Å². The Morgan fingerprint density at radius 3 is 2.72 bits per heavy atom. The molecule has 1 aromatic rings. The third kappa shape index (κ3) is 3.44. The molecule has 1 heterocycles. The second-order valence-electron chi connectivity index (χ2n) is 3.99. The maximum atomic E-state index is 11.8. The van der Waals surface area contributed by atoms with Crippen molar-refractivity contribution < 1.29 is 9.59 Å². The standard InChI is InChI=1S/C12H17N3O3/c1-4-15(3)12(18)8(2)14-11(17)9-5-6-13-10(16)7-9/h5-8H,4H2,1-3H3,(H,13,16)(H,14,17). The van der Waals surface area contributed by atoms with Crippen molar-refractivity contribution in [3.05, 3.63) is 34.2 Å². The lowest BCUT2D eigenvalue weighted by Gasteiger charge is -2.20. The van der Waals surface area contributed by atoms with E-state index in [0.717, 1.165) is 0 Å². The Hall–Kier alpha value is -2.11. The number of nitrogens with zero attached hydrogens (tertiary/aromatic N) is 1. The molecule has 18 heavy (non-hydrogen) atoms. The number of aromatic amines is 1. The molecule has 0 saturated carbocycles. The van der Waals surface area contributed by atoms with E-state index in [1.807, 2.05) is 6.92 Å². The predicted molar refractivity (Wildman–Crippen MR) is 67.3 cm³/mol. The summed E-state index contributed by atoms with van der Waals surface area (Å²) in [6.45, 7) is 4.03. The van der Waals surface area contributed by atoms with Gasteiger partial charge in [0.15, 0.2) is 0 Å². The molecule has 2 N–H and O–H groups in total. The van der Waals surface area contributed by atoms with E-state index in [1.54, 1.807) is 14.0 Å². The number of likely N-dealkylation sites (N-methyl/N-ethyl adjacent to an activating group) is 1. The van der Waals surface area contributed by atoms with Crippen LogP contribution in [0.1, 0.15) is 24.2 Å².